The van der Waals surface area contributed by atoms with Crippen molar-refractivity contribution >= 4 is 11.7 Å². The van der Waals surface area contributed by atoms with Gasteiger partial charge in [-0.15, -0.1) is 0 Å². The first kappa shape index (κ1) is 18.3. The van der Waals surface area contributed by atoms with E-state index in [1.54, 1.807) is 0 Å². The highest BCUT2D eigenvalue weighted by molar-refractivity contribution is 5.99. The van der Waals surface area contributed by atoms with Crippen molar-refractivity contribution in [2.75, 3.05) is 32.7 Å². The van der Waals surface area contributed by atoms with Crippen molar-refractivity contribution in [1.82, 2.24) is 9.80 Å². The van der Waals surface area contributed by atoms with E-state index in [1.807, 2.05) is 68.1 Å². The minimum Gasteiger partial charge on any atom is -0.336 e. The smallest absolute Gasteiger partial charge is 0.253 e. The molecule has 1 aliphatic rings. The molecule has 4 heteroatoms. The van der Waals surface area contributed by atoms with Gasteiger partial charge in [0.15, 0.2) is 5.78 Å². The van der Waals surface area contributed by atoms with Crippen LogP contribution in [0.4, 0.5) is 0 Å². The third-order valence-corrected chi connectivity index (χ3v) is 5.01. The zero-order chi connectivity index (χ0) is 18.7. The third kappa shape index (κ3) is 4.20. The lowest BCUT2D eigenvalue weighted by Gasteiger charge is -2.34. The van der Waals surface area contributed by atoms with Crippen LogP contribution in [0.1, 0.15) is 37.4 Å². The van der Waals surface area contributed by atoms with Crippen molar-refractivity contribution in [3.63, 3.8) is 0 Å². The van der Waals surface area contributed by atoms with Crippen LogP contribution in [-0.2, 0) is 0 Å². The van der Waals surface area contributed by atoms with Gasteiger partial charge in [0.1, 0.15) is 0 Å². The van der Waals surface area contributed by atoms with Gasteiger partial charge in [-0.2, -0.15) is 0 Å². The number of Topliss-reactive ketones (excluding diaryl/α,β-unsaturated/α-hetero) is 1. The molecule has 1 heterocycles. The van der Waals surface area contributed by atoms with Crippen molar-refractivity contribution in [1.29, 1.82) is 0 Å². The number of piperazine rings is 1. The summed E-state index contributed by atoms with van der Waals surface area (Å²) < 4.78 is 0. The zero-order valence-electron chi connectivity index (χ0n) is 15.8. The van der Waals surface area contributed by atoms with E-state index in [4.69, 9.17) is 0 Å². The summed E-state index contributed by atoms with van der Waals surface area (Å²) in [5, 5.41) is 0. The fourth-order valence-electron chi connectivity index (χ4n) is 3.40. The highest BCUT2D eigenvalue weighted by Crippen LogP contribution is 2.14. The highest BCUT2D eigenvalue weighted by Gasteiger charge is 2.23. The highest BCUT2D eigenvalue weighted by atomic mass is 16.2. The van der Waals surface area contributed by atoms with Gasteiger partial charge in [-0.25, -0.2) is 0 Å². The van der Waals surface area contributed by atoms with Crippen LogP contribution in [0.2, 0.25) is 0 Å². The summed E-state index contributed by atoms with van der Waals surface area (Å²) in [7, 11) is 0. The maximum Gasteiger partial charge on any atom is 0.253 e. The number of carbonyl (C=O) groups is 2. The number of rotatable bonds is 4. The summed E-state index contributed by atoms with van der Waals surface area (Å²) in [4.78, 5) is 29.2. The molecule has 2 aromatic carbocycles. The Labute approximate surface area is 155 Å². The van der Waals surface area contributed by atoms with Crippen LogP contribution in [0, 0.1) is 20.8 Å². The monoisotopic (exact) mass is 350 g/mol. The molecular formula is C22H26N2O2. The fraction of sp³-hybridized carbons (Fsp3) is 0.364. The predicted octanol–water partition coefficient (Wildman–Crippen LogP) is 3.25. The Kier molecular flexibility index (Phi) is 5.52. The molecule has 0 saturated carbocycles. The molecule has 4 nitrogen and oxygen atoms in total. The summed E-state index contributed by atoms with van der Waals surface area (Å²) in [6.07, 6.45) is 0. The van der Waals surface area contributed by atoms with Gasteiger partial charge in [0.05, 0.1) is 6.54 Å². The molecule has 0 N–H and O–H groups in total. The number of amides is 1. The predicted molar refractivity (Wildman–Crippen MR) is 104 cm³/mol. The van der Waals surface area contributed by atoms with Gasteiger partial charge in [0, 0.05) is 37.3 Å². The number of hydrogen-bond donors (Lipinski definition) is 0. The molecule has 2 aromatic rings. The Morgan fingerprint density at radius 1 is 0.846 bits per heavy atom. The Morgan fingerprint density at radius 3 is 2.08 bits per heavy atom. The van der Waals surface area contributed by atoms with Gasteiger partial charge in [0.2, 0.25) is 0 Å². The minimum absolute atomic E-state index is 0.0744. The van der Waals surface area contributed by atoms with Crippen LogP contribution >= 0.6 is 0 Å². The van der Waals surface area contributed by atoms with E-state index in [0.29, 0.717) is 19.6 Å². The van der Waals surface area contributed by atoms with Crippen molar-refractivity contribution in [2.24, 2.45) is 0 Å². The average Bonchev–Trinajstić information content (AvgIpc) is 2.62. The largest absolute Gasteiger partial charge is 0.336 e. The number of nitrogens with zero attached hydrogens (tertiary/aromatic N) is 2. The molecule has 1 amide bonds. The lowest BCUT2D eigenvalue weighted by molar-refractivity contribution is 0.0624. The summed E-state index contributed by atoms with van der Waals surface area (Å²) >= 11 is 0. The van der Waals surface area contributed by atoms with E-state index < -0.39 is 0 Å². The number of benzene rings is 2. The lowest BCUT2D eigenvalue weighted by Crippen LogP contribution is -2.49. The lowest BCUT2D eigenvalue weighted by atomic mass is 10.0. The molecule has 0 radical (unpaired) electrons. The summed E-state index contributed by atoms with van der Waals surface area (Å²) in [6, 6.07) is 13.6. The van der Waals surface area contributed by atoms with E-state index in [0.717, 1.165) is 35.3 Å². The Morgan fingerprint density at radius 2 is 1.46 bits per heavy atom. The maximum atomic E-state index is 12.6. The molecule has 1 fully saturated rings. The van der Waals surface area contributed by atoms with E-state index in [2.05, 4.69) is 4.90 Å². The van der Waals surface area contributed by atoms with E-state index >= 15 is 0 Å². The maximum absolute atomic E-state index is 12.6. The molecule has 26 heavy (non-hydrogen) atoms. The number of aryl methyl sites for hydroxylation is 3. The van der Waals surface area contributed by atoms with E-state index in [-0.39, 0.29) is 11.7 Å². The molecule has 136 valence electrons. The first-order valence-corrected chi connectivity index (χ1v) is 9.13. The van der Waals surface area contributed by atoms with Crippen molar-refractivity contribution in [2.45, 2.75) is 20.8 Å². The SMILES string of the molecule is Cc1ccc(C(=O)N2CCN(CC(=O)c3ccc(C)cc3C)CC2)cc1. The number of carbonyl (C=O) groups excluding carboxylic acids is 2. The molecule has 3 rings (SSSR count). The number of ketones is 1. The molecule has 0 aromatic heterocycles. The first-order chi connectivity index (χ1) is 12.4. The van der Waals surface area contributed by atoms with Crippen LogP contribution in [0.3, 0.4) is 0 Å². The van der Waals surface area contributed by atoms with Crippen LogP contribution in [0.5, 0.6) is 0 Å². The van der Waals surface area contributed by atoms with E-state index in [1.165, 1.54) is 5.56 Å². The molecule has 1 saturated heterocycles. The summed E-state index contributed by atoms with van der Waals surface area (Å²) in [5.74, 6) is 0.228. The molecule has 0 unspecified atom stereocenters. The zero-order valence-corrected chi connectivity index (χ0v) is 15.8. The average molecular weight is 350 g/mol. The van der Waals surface area contributed by atoms with Crippen molar-refractivity contribution in [3.05, 3.63) is 70.3 Å². The molecule has 1 aliphatic heterocycles. The second kappa shape index (κ2) is 7.83. The van der Waals surface area contributed by atoms with Gasteiger partial charge >= 0.3 is 0 Å². The van der Waals surface area contributed by atoms with Gasteiger partial charge in [-0.3, -0.25) is 14.5 Å². The summed E-state index contributed by atoms with van der Waals surface area (Å²) in [6.45, 7) is 9.22. The third-order valence-electron chi connectivity index (χ3n) is 5.01. The van der Waals surface area contributed by atoms with Gasteiger partial charge in [-0.05, 0) is 38.5 Å². The molecular weight excluding hydrogens is 324 g/mol. The van der Waals surface area contributed by atoms with Gasteiger partial charge in [0.25, 0.3) is 5.91 Å². The van der Waals surface area contributed by atoms with Gasteiger partial charge in [-0.1, -0.05) is 41.5 Å². The fourth-order valence-corrected chi connectivity index (χ4v) is 3.40. The second-order valence-electron chi connectivity index (χ2n) is 7.18. The molecule has 0 atom stereocenters. The molecule has 0 spiro atoms. The quantitative estimate of drug-likeness (QED) is 0.795. The molecule has 0 bridgehead atoms. The van der Waals surface area contributed by atoms with Crippen molar-refractivity contribution in [3.8, 4) is 0 Å². The first-order valence-electron chi connectivity index (χ1n) is 9.13. The van der Waals surface area contributed by atoms with Crippen molar-refractivity contribution < 1.29 is 9.59 Å². The topological polar surface area (TPSA) is 40.6 Å². The Balaban J connectivity index is 1.55. The molecule has 0 aliphatic carbocycles. The summed E-state index contributed by atoms with van der Waals surface area (Å²) in [5.41, 5.74) is 4.88. The van der Waals surface area contributed by atoms with Gasteiger partial charge < -0.3 is 4.90 Å². The Bertz CT molecular complexity index is 803. The minimum atomic E-state index is 0.0744. The standard InChI is InChI=1S/C22H26N2O2/c1-16-4-7-19(8-5-16)22(26)24-12-10-23(11-13-24)15-21(25)20-9-6-17(2)14-18(20)3/h4-9,14H,10-13,15H2,1-3H3. The van der Waals surface area contributed by atoms with Crippen LogP contribution in [0.15, 0.2) is 42.5 Å². The number of hydrogen-bond acceptors (Lipinski definition) is 3. The normalized spacial score (nSPS) is 15.1. The van der Waals surface area contributed by atoms with Crippen LogP contribution in [0.25, 0.3) is 0 Å². The van der Waals surface area contributed by atoms with E-state index in [9.17, 15) is 9.59 Å². The van der Waals surface area contributed by atoms with Crippen LogP contribution in [-0.4, -0.2) is 54.2 Å². The Hall–Kier alpha value is -2.46. The second-order valence-corrected chi connectivity index (χ2v) is 7.18. The van der Waals surface area contributed by atoms with Crippen LogP contribution < -0.4 is 0 Å².